The molecule has 1 aromatic carbocycles. The minimum absolute atomic E-state index is 0.120. The summed E-state index contributed by atoms with van der Waals surface area (Å²) in [6, 6.07) is 11.0. The van der Waals surface area contributed by atoms with Gasteiger partial charge in [0.25, 0.3) is 5.09 Å². The van der Waals surface area contributed by atoms with E-state index >= 15 is 0 Å². The fourth-order valence-corrected chi connectivity index (χ4v) is 5.58. The van der Waals surface area contributed by atoms with Gasteiger partial charge >= 0.3 is 5.97 Å². The van der Waals surface area contributed by atoms with Crippen LogP contribution in [0.4, 0.5) is 5.00 Å². The number of amides is 1. The van der Waals surface area contributed by atoms with Crippen molar-refractivity contribution < 1.29 is 24.6 Å². The smallest absolute Gasteiger partial charge is 0.309 e. The van der Waals surface area contributed by atoms with Gasteiger partial charge in [0.05, 0.1) is 21.0 Å². The summed E-state index contributed by atoms with van der Waals surface area (Å²) in [5.74, 6) is -1.69. The minimum Gasteiger partial charge on any atom is -0.481 e. The summed E-state index contributed by atoms with van der Waals surface area (Å²) in [4.78, 5) is 44.3. The van der Waals surface area contributed by atoms with Crippen LogP contribution in [0.15, 0.2) is 48.8 Å². The Labute approximate surface area is 205 Å². The number of rotatable bonds is 9. The summed E-state index contributed by atoms with van der Waals surface area (Å²) < 4.78 is 0.975. The molecule has 1 aliphatic carbocycles. The number of nitrogens with zero attached hydrogens (tertiary/aromatic N) is 2. The number of fused-ring (bicyclic) bond motifs is 1. The van der Waals surface area contributed by atoms with E-state index in [0.29, 0.717) is 37.1 Å². The van der Waals surface area contributed by atoms with E-state index in [1.54, 1.807) is 24.5 Å². The first-order chi connectivity index (χ1) is 16.8. The van der Waals surface area contributed by atoms with Crippen LogP contribution >= 0.6 is 11.3 Å². The lowest BCUT2D eigenvalue weighted by atomic mass is 9.69. The first-order valence-electron chi connectivity index (χ1n) is 11.3. The molecule has 1 amide bonds. The van der Waals surface area contributed by atoms with Gasteiger partial charge in [-0.1, -0.05) is 24.3 Å². The van der Waals surface area contributed by atoms with Crippen LogP contribution in [0.5, 0.6) is 0 Å². The third kappa shape index (κ3) is 5.57. The van der Waals surface area contributed by atoms with Crippen molar-refractivity contribution in [3.05, 3.63) is 70.0 Å². The molecule has 3 aromatic rings. The molecule has 2 aromatic heterocycles. The van der Waals surface area contributed by atoms with Crippen molar-refractivity contribution in [1.29, 1.82) is 0 Å². The lowest BCUT2D eigenvalue weighted by Crippen LogP contribution is -2.39. The largest absolute Gasteiger partial charge is 0.481 e. The quantitative estimate of drug-likeness (QED) is 0.297. The number of aliphatic carboxylic acids is 1. The maximum atomic E-state index is 12.9. The van der Waals surface area contributed by atoms with E-state index in [2.05, 4.69) is 15.1 Å². The van der Waals surface area contributed by atoms with Gasteiger partial charge in [0, 0.05) is 18.9 Å². The number of pyridine rings is 1. The van der Waals surface area contributed by atoms with Crippen LogP contribution in [0.25, 0.3) is 10.1 Å². The molecule has 0 unspecified atom stereocenters. The van der Waals surface area contributed by atoms with Gasteiger partial charge in [-0.25, -0.2) is 0 Å². The average molecular weight is 499 g/mol. The maximum Gasteiger partial charge on any atom is 0.309 e. The van der Waals surface area contributed by atoms with Gasteiger partial charge in [0.1, 0.15) is 6.10 Å². The van der Waals surface area contributed by atoms with Crippen LogP contribution in [0.1, 0.15) is 42.7 Å². The molecule has 4 rings (SSSR count). The number of benzene rings is 1. The highest BCUT2D eigenvalue weighted by Gasteiger charge is 2.42. The summed E-state index contributed by atoms with van der Waals surface area (Å²) in [5, 5.41) is 24.3. The van der Waals surface area contributed by atoms with Crippen LogP contribution in [0.3, 0.4) is 0 Å². The molecule has 35 heavy (non-hydrogen) atoms. The highest BCUT2D eigenvalue weighted by Crippen LogP contribution is 2.41. The predicted molar refractivity (Wildman–Crippen MR) is 131 cm³/mol. The van der Waals surface area contributed by atoms with Crippen molar-refractivity contribution in [3.63, 3.8) is 0 Å². The normalized spacial score (nSPS) is 20.8. The lowest BCUT2D eigenvalue weighted by molar-refractivity contribution is -0.769. The number of aromatic nitrogens is 1. The molecule has 2 heterocycles. The van der Waals surface area contributed by atoms with Crippen molar-refractivity contribution in [2.45, 2.75) is 44.1 Å². The van der Waals surface area contributed by atoms with Crippen molar-refractivity contribution in [1.82, 2.24) is 4.98 Å². The van der Waals surface area contributed by atoms with E-state index in [1.807, 2.05) is 24.3 Å². The highest BCUT2D eigenvalue weighted by molar-refractivity contribution is 7.22. The van der Waals surface area contributed by atoms with Crippen molar-refractivity contribution >= 4 is 38.3 Å². The highest BCUT2D eigenvalue weighted by atomic mass is 32.1. The van der Waals surface area contributed by atoms with E-state index in [0.717, 1.165) is 21.2 Å². The zero-order chi connectivity index (χ0) is 25.0. The second-order valence-electron chi connectivity index (χ2n) is 8.83. The maximum absolute atomic E-state index is 12.9. The van der Waals surface area contributed by atoms with Gasteiger partial charge in [-0.05, 0) is 60.7 Å². The zero-order valence-corrected chi connectivity index (χ0v) is 19.7. The second-order valence-corrected chi connectivity index (χ2v) is 9.92. The van der Waals surface area contributed by atoms with Crippen molar-refractivity contribution in [2.75, 3.05) is 11.9 Å². The Morgan fingerprint density at radius 1 is 1.29 bits per heavy atom. The molecular weight excluding hydrogens is 472 g/mol. The van der Waals surface area contributed by atoms with E-state index in [-0.39, 0.29) is 12.5 Å². The number of carboxylic acid groups (broad SMARTS) is 1. The van der Waals surface area contributed by atoms with Crippen LogP contribution in [-0.2, 0) is 20.8 Å². The summed E-state index contributed by atoms with van der Waals surface area (Å²) in [5.41, 5.74) is 6.48. The number of thiophene rings is 1. The van der Waals surface area contributed by atoms with E-state index < -0.39 is 28.5 Å². The molecule has 11 heteroatoms. The Kier molecular flexibility index (Phi) is 7.27. The van der Waals surface area contributed by atoms with Gasteiger partial charge in [-0.2, -0.15) is 0 Å². The van der Waals surface area contributed by atoms with Crippen molar-refractivity contribution in [3.8, 4) is 0 Å². The third-order valence-corrected chi connectivity index (χ3v) is 7.63. The van der Waals surface area contributed by atoms with Gasteiger partial charge in [0.15, 0.2) is 0 Å². The second kappa shape index (κ2) is 10.4. The van der Waals surface area contributed by atoms with Crippen LogP contribution in [0.2, 0.25) is 0 Å². The molecule has 0 spiro atoms. The standard InChI is InChI=1S/C24H26N4O6S/c25-13-19(22(29)27-21-11-17-7-10-26-14-20(17)35-21)16-3-1-15(2-4-16)12-24(23(30)31)8-5-18(6-9-24)34-28(32)33/h1-4,7,10-11,14,18-19H,5-6,8-9,12-13,25H2,(H,27,29)(H,30,31)/t18?,19-,24?/m1/s1. The number of carbonyl (C=O) groups excluding carboxylic acids is 1. The molecule has 0 saturated heterocycles. The lowest BCUT2D eigenvalue weighted by Gasteiger charge is -2.36. The number of nitrogens with one attached hydrogen (secondary N) is 1. The molecule has 0 radical (unpaired) electrons. The molecule has 1 saturated carbocycles. The van der Waals surface area contributed by atoms with Crippen molar-refractivity contribution in [2.24, 2.45) is 11.1 Å². The minimum atomic E-state index is -1.00. The first kappa shape index (κ1) is 24.6. The number of carboxylic acids is 1. The van der Waals surface area contributed by atoms with E-state index in [1.165, 1.54) is 11.3 Å². The summed E-state index contributed by atoms with van der Waals surface area (Å²) in [6.07, 6.45) is 4.39. The van der Waals surface area contributed by atoms with Gasteiger partial charge in [-0.3, -0.25) is 14.6 Å². The van der Waals surface area contributed by atoms with Crippen LogP contribution in [0, 0.1) is 15.5 Å². The molecule has 184 valence electrons. The molecule has 10 nitrogen and oxygen atoms in total. The topological polar surface area (TPSA) is 158 Å². The molecule has 1 fully saturated rings. The SMILES string of the molecule is NC[C@@H](C(=O)Nc1cc2ccncc2s1)c1ccc(CC2(C(=O)O)CCC(O[N+](=O)[O-])CC2)cc1. The summed E-state index contributed by atoms with van der Waals surface area (Å²) >= 11 is 1.44. The number of hydrogen-bond donors (Lipinski definition) is 3. The molecule has 1 aliphatic rings. The molecule has 0 bridgehead atoms. The fraction of sp³-hybridized carbons (Fsp3) is 0.375. The van der Waals surface area contributed by atoms with E-state index in [9.17, 15) is 24.8 Å². The zero-order valence-electron chi connectivity index (χ0n) is 18.9. The van der Waals surface area contributed by atoms with Gasteiger partial charge in [-0.15, -0.1) is 21.5 Å². The Hall–Kier alpha value is -3.57. The van der Waals surface area contributed by atoms with E-state index in [4.69, 9.17) is 5.73 Å². The molecule has 0 aliphatic heterocycles. The molecule has 1 atom stereocenters. The van der Waals surface area contributed by atoms with Gasteiger partial charge in [0.2, 0.25) is 5.91 Å². The Morgan fingerprint density at radius 2 is 2.00 bits per heavy atom. The number of nitrogens with two attached hydrogens (primary N) is 1. The number of carbonyl (C=O) groups is 2. The molecule has 4 N–H and O–H groups in total. The third-order valence-electron chi connectivity index (χ3n) is 6.62. The van der Waals surface area contributed by atoms with Crippen LogP contribution in [-0.4, -0.2) is 39.7 Å². The Balaban J connectivity index is 1.43. The first-order valence-corrected chi connectivity index (χ1v) is 12.1. The summed E-state index contributed by atoms with van der Waals surface area (Å²) in [6.45, 7) is 0.120. The average Bonchev–Trinajstić information content (AvgIpc) is 3.24. The van der Waals surface area contributed by atoms with Crippen LogP contribution < -0.4 is 11.1 Å². The predicted octanol–water partition coefficient (Wildman–Crippen LogP) is 3.74. The Bertz CT molecular complexity index is 1190. The molecular formula is C24H26N4O6S. The fourth-order valence-electron chi connectivity index (χ4n) is 4.64. The monoisotopic (exact) mass is 498 g/mol. The number of hydrogen-bond acceptors (Lipinski definition) is 8. The Morgan fingerprint density at radius 3 is 2.60 bits per heavy atom. The summed E-state index contributed by atoms with van der Waals surface area (Å²) in [7, 11) is 0. The number of anilines is 1. The van der Waals surface area contributed by atoms with Gasteiger partial charge < -0.3 is 21.0 Å².